The van der Waals surface area contributed by atoms with Gasteiger partial charge in [0.15, 0.2) is 0 Å². The number of nitrogens with one attached hydrogen (secondary N) is 1. The molecule has 32 heavy (non-hydrogen) atoms. The Morgan fingerprint density at radius 1 is 1.12 bits per heavy atom. The summed E-state index contributed by atoms with van der Waals surface area (Å²) in [6.07, 6.45) is 0.943. The number of aryl methyl sites for hydroxylation is 2. The van der Waals surface area contributed by atoms with Gasteiger partial charge in [0.2, 0.25) is 15.9 Å². The standard InChI is InChI=1S/C23H28Cl2N2O4S/c1-16-6-7-22(17(2)14-16)31-13-10-26-23(28)18-8-11-27(12-9-18)32(29,30)15-19-20(24)4-3-5-21(19)25/h3-7,14,18H,8-13,15H2,1-2H3,(H,26,28). The van der Waals surface area contributed by atoms with Crippen molar-refractivity contribution in [1.82, 2.24) is 9.62 Å². The molecule has 6 nitrogen and oxygen atoms in total. The van der Waals surface area contributed by atoms with Crippen molar-refractivity contribution in [3.05, 3.63) is 63.1 Å². The zero-order valence-corrected chi connectivity index (χ0v) is 20.6. The van der Waals surface area contributed by atoms with E-state index in [9.17, 15) is 13.2 Å². The van der Waals surface area contributed by atoms with Crippen LogP contribution in [0.15, 0.2) is 36.4 Å². The average Bonchev–Trinajstić information content (AvgIpc) is 2.75. The SMILES string of the molecule is Cc1ccc(OCCNC(=O)C2CCN(S(=O)(=O)Cc3c(Cl)cccc3Cl)CC2)c(C)c1. The van der Waals surface area contributed by atoms with Crippen molar-refractivity contribution in [2.45, 2.75) is 32.4 Å². The fourth-order valence-electron chi connectivity index (χ4n) is 3.78. The summed E-state index contributed by atoms with van der Waals surface area (Å²) in [4.78, 5) is 12.5. The zero-order valence-electron chi connectivity index (χ0n) is 18.2. The monoisotopic (exact) mass is 498 g/mol. The van der Waals surface area contributed by atoms with Crippen LogP contribution in [-0.4, -0.2) is 44.9 Å². The van der Waals surface area contributed by atoms with E-state index in [2.05, 4.69) is 11.4 Å². The molecule has 0 atom stereocenters. The van der Waals surface area contributed by atoms with Gasteiger partial charge in [-0.3, -0.25) is 4.79 Å². The molecule has 1 N–H and O–H groups in total. The molecule has 2 aromatic rings. The molecule has 0 unspecified atom stereocenters. The van der Waals surface area contributed by atoms with Crippen LogP contribution in [0, 0.1) is 19.8 Å². The smallest absolute Gasteiger partial charge is 0.223 e. The Hall–Kier alpha value is -1.80. The van der Waals surface area contributed by atoms with Crippen molar-refractivity contribution in [1.29, 1.82) is 0 Å². The Labute approximate surface area is 199 Å². The first kappa shape index (κ1) is 24.8. The van der Waals surface area contributed by atoms with Gasteiger partial charge in [-0.25, -0.2) is 12.7 Å². The first-order chi connectivity index (χ1) is 15.2. The largest absolute Gasteiger partial charge is 0.491 e. The molecule has 0 spiro atoms. The van der Waals surface area contributed by atoms with E-state index in [0.29, 0.717) is 54.7 Å². The van der Waals surface area contributed by atoms with Crippen molar-refractivity contribution in [3.63, 3.8) is 0 Å². The normalized spacial score (nSPS) is 15.5. The van der Waals surface area contributed by atoms with Gasteiger partial charge in [0.25, 0.3) is 0 Å². The van der Waals surface area contributed by atoms with Gasteiger partial charge >= 0.3 is 0 Å². The number of carbonyl (C=O) groups is 1. The lowest BCUT2D eigenvalue weighted by atomic mass is 9.97. The third-order valence-corrected chi connectivity index (χ3v) is 8.11. The molecule has 0 bridgehead atoms. The number of nitrogens with zero attached hydrogens (tertiary/aromatic N) is 1. The van der Waals surface area contributed by atoms with Gasteiger partial charge in [-0.05, 0) is 50.5 Å². The van der Waals surface area contributed by atoms with E-state index in [1.165, 1.54) is 9.87 Å². The van der Waals surface area contributed by atoms with Crippen molar-refractivity contribution in [3.8, 4) is 5.75 Å². The lowest BCUT2D eigenvalue weighted by Gasteiger charge is -2.30. The number of amides is 1. The summed E-state index contributed by atoms with van der Waals surface area (Å²) in [6.45, 7) is 5.38. The first-order valence-electron chi connectivity index (χ1n) is 10.6. The van der Waals surface area contributed by atoms with E-state index in [0.717, 1.165) is 11.3 Å². The maximum absolute atomic E-state index is 12.8. The zero-order chi connectivity index (χ0) is 23.3. The molecule has 1 saturated heterocycles. The van der Waals surface area contributed by atoms with Gasteiger partial charge in [0.05, 0.1) is 12.3 Å². The van der Waals surface area contributed by atoms with Gasteiger partial charge in [0, 0.05) is 34.6 Å². The molecule has 0 radical (unpaired) electrons. The highest BCUT2D eigenvalue weighted by molar-refractivity contribution is 7.88. The maximum Gasteiger partial charge on any atom is 0.223 e. The van der Waals surface area contributed by atoms with Crippen molar-refractivity contribution in [2.24, 2.45) is 5.92 Å². The first-order valence-corrected chi connectivity index (χ1v) is 12.9. The van der Waals surface area contributed by atoms with Crippen LogP contribution >= 0.6 is 23.2 Å². The number of carbonyl (C=O) groups excluding carboxylic acids is 1. The van der Waals surface area contributed by atoms with E-state index in [1.807, 2.05) is 26.0 Å². The number of hydrogen-bond donors (Lipinski definition) is 1. The highest BCUT2D eigenvalue weighted by Gasteiger charge is 2.31. The fraction of sp³-hybridized carbons (Fsp3) is 0.435. The molecule has 3 rings (SSSR count). The van der Waals surface area contributed by atoms with Crippen LogP contribution in [0.25, 0.3) is 0 Å². The second kappa shape index (κ2) is 10.9. The van der Waals surface area contributed by atoms with Crippen LogP contribution in [0.3, 0.4) is 0 Å². The summed E-state index contributed by atoms with van der Waals surface area (Å²) in [5, 5.41) is 3.56. The van der Waals surface area contributed by atoms with Gasteiger partial charge in [-0.15, -0.1) is 0 Å². The number of hydrogen-bond acceptors (Lipinski definition) is 4. The number of benzene rings is 2. The second-order valence-electron chi connectivity index (χ2n) is 8.04. The van der Waals surface area contributed by atoms with Crippen LogP contribution in [0.2, 0.25) is 10.0 Å². The molecular formula is C23H28Cl2N2O4S. The van der Waals surface area contributed by atoms with E-state index < -0.39 is 10.0 Å². The van der Waals surface area contributed by atoms with Crippen molar-refractivity contribution >= 4 is 39.1 Å². The Kier molecular flexibility index (Phi) is 8.44. The van der Waals surface area contributed by atoms with E-state index >= 15 is 0 Å². The summed E-state index contributed by atoms with van der Waals surface area (Å²) < 4.78 is 32.8. The Morgan fingerprint density at radius 3 is 2.41 bits per heavy atom. The molecule has 1 aliphatic rings. The second-order valence-corrected chi connectivity index (χ2v) is 10.8. The van der Waals surface area contributed by atoms with Gasteiger partial charge in [0.1, 0.15) is 12.4 Å². The Morgan fingerprint density at radius 2 is 1.78 bits per heavy atom. The number of rotatable bonds is 8. The third kappa shape index (κ3) is 6.38. The average molecular weight is 499 g/mol. The van der Waals surface area contributed by atoms with Crippen LogP contribution < -0.4 is 10.1 Å². The minimum Gasteiger partial charge on any atom is -0.491 e. The predicted molar refractivity (Wildman–Crippen MR) is 128 cm³/mol. The van der Waals surface area contributed by atoms with Gasteiger partial charge < -0.3 is 10.1 Å². The predicted octanol–water partition coefficient (Wildman–Crippen LogP) is 4.35. The quantitative estimate of drug-likeness (QED) is 0.549. The molecule has 0 saturated carbocycles. The van der Waals surface area contributed by atoms with Crippen LogP contribution in [0.5, 0.6) is 5.75 Å². The molecular weight excluding hydrogens is 471 g/mol. The van der Waals surface area contributed by atoms with Gasteiger partial charge in [-0.2, -0.15) is 0 Å². The summed E-state index contributed by atoms with van der Waals surface area (Å²) in [5.41, 5.74) is 2.63. The topological polar surface area (TPSA) is 75.7 Å². The van der Waals surface area contributed by atoms with Crippen molar-refractivity contribution in [2.75, 3.05) is 26.2 Å². The van der Waals surface area contributed by atoms with E-state index in [4.69, 9.17) is 27.9 Å². The van der Waals surface area contributed by atoms with Gasteiger partial charge in [-0.1, -0.05) is 47.0 Å². The highest BCUT2D eigenvalue weighted by atomic mass is 35.5. The molecule has 0 aromatic heterocycles. The molecule has 0 aliphatic carbocycles. The number of sulfonamides is 1. The minimum absolute atomic E-state index is 0.0691. The molecule has 174 valence electrons. The van der Waals surface area contributed by atoms with Crippen LogP contribution in [-0.2, 0) is 20.6 Å². The lowest BCUT2D eigenvalue weighted by molar-refractivity contribution is -0.126. The fourth-order valence-corrected chi connectivity index (χ4v) is 6.10. The van der Waals surface area contributed by atoms with Crippen LogP contribution in [0.4, 0.5) is 0 Å². The molecule has 1 heterocycles. The minimum atomic E-state index is -3.58. The molecule has 2 aromatic carbocycles. The summed E-state index contributed by atoms with van der Waals surface area (Å²) >= 11 is 12.2. The molecule has 9 heteroatoms. The highest BCUT2D eigenvalue weighted by Crippen LogP contribution is 2.29. The number of piperidine rings is 1. The number of ether oxygens (including phenoxy) is 1. The Balaban J connectivity index is 1.45. The number of halogens is 2. The molecule has 1 amide bonds. The van der Waals surface area contributed by atoms with Crippen LogP contribution in [0.1, 0.15) is 29.5 Å². The van der Waals surface area contributed by atoms with E-state index in [1.54, 1.807) is 18.2 Å². The summed E-state index contributed by atoms with van der Waals surface area (Å²) in [6, 6.07) is 10.9. The molecule has 1 aliphatic heterocycles. The summed E-state index contributed by atoms with van der Waals surface area (Å²) in [7, 11) is -3.58. The Bertz CT molecular complexity index is 1050. The lowest BCUT2D eigenvalue weighted by Crippen LogP contribution is -2.44. The molecule has 1 fully saturated rings. The third-order valence-electron chi connectivity index (χ3n) is 5.60. The van der Waals surface area contributed by atoms with Crippen molar-refractivity contribution < 1.29 is 17.9 Å². The maximum atomic E-state index is 12.8. The summed E-state index contributed by atoms with van der Waals surface area (Å²) in [5.74, 6) is 0.270. The van der Waals surface area contributed by atoms with E-state index in [-0.39, 0.29) is 17.6 Å².